The first-order chi connectivity index (χ1) is 18.8. The van der Waals surface area contributed by atoms with E-state index in [0.717, 1.165) is 48.6 Å². The summed E-state index contributed by atoms with van der Waals surface area (Å²) in [4.78, 5) is 35.9. The molecule has 0 spiro atoms. The molecule has 1 aromatic heterocycles. The summed E-state index contributed by atoms with van der Waals surface area (Å²) in [6, 6.07) is 7.88. The van der Waals surface area contributed by atoms with Crippen molar-refractivity contribution in [3.63, 3.8) is 0 Å². The fourth-order valence-corrected chi connectivity index (χ4v) is 3.98. The van der Waals surface area contributed by atoms with E-state index in [9.17, 15) is 14.4 Å². The molecular formula is C28H38ClN3O8. The van der Waals surface area contributed by atoms with Gasteiger partial charge in [0.15, 0.2) is 18.0 Å². The highest BCUT2D eigenvalue weighted by Crippen LogP contribution is 2.31. The third-order valence-electron chi connectivity index (χ3n) is 6.09. The number of nitrogens with one attached hydrogen (secondary N) is 2. The van der Waals surface area contributed by atoms with Crippen molar-refractivity contribution in [1.82, 2.24) is 10.3 Å². The van der Waals surface area contributed by atoms with Crippen LogP contribution in [0, 0.1) is 5.41 Å². The SMILES string of the molecule is CC(C)(C)CCC(=O)COc1ccc(CNc2c(Cl)ccc3c2CCNCC3)cn1.O=C(O)[C@H](O)[C@@H](O)C(=O)O. The van der Waals surface area contributed by atoms with Crippen molar-refractivity contribution < 1.29 is 39.5 Å². The number of pyridine rings is 1. The van der Waals surface area contributed by atoms with E-state index in [4.69, 9.17) is 36.8 Å². The lowest BCUT2D eigenvalue weighted by Crippen LogP contribution is -2.39. The number of Topliss-reactive ketones (excluding diaryl/α,β-unsaturated/α-hetero) is 1. The number of hydrogen-bond donors (Lipinski definition) is 6. The first kappa shape index (κ1) is 33.0. The summed E-state index contributed by atoms with van der Waals surface area (Å²) < 4.78 is 5.55. The predicted molar refractivity (Wildman–Crippen MR) is 150 cm³/mol. The Hall–Kier alpha value is -3.25. The molecule has 0 saturated heterocycles. The maximum absolute atomic E-state index is 12.0. The van der Waals surface area contributed by atoms with Gasteiger partial charge in [-0.1, -0.05) is 44.5 Å². The topological polar surface area (TPSA) is 178 Å². The number of aliphatic hydroxyl groups is 2. The highest BCUT2D eigenvalue weighted by atomic mass is 35.5. The van der Waals surface area contributed by atoms with Crippen LogP contribution in [0.15, 0.2) is 30.5 Å². The molecule has 40 heavy (non-hydrogen) atoms. The number of benzene rings is 1. The summed E-state index contributed by atoms with van der Waals surface area (Å²) in [5, 5.41) is 40.2. The summed E-state index contributed by atoms with van der Waals surface area (Å²) in [5.74, 6) is -2.96. The lowest BCUT2D eigenvalue weighted by atomic mass is 9.90. The molecule has 0 aliphatic carbocycles. The third kappa shape index (κ3) is 11.1. The van der Waals surface area contributed by atoms with Crippen LogP contribution < -0.4 is 15.4 Å². The van der Waals surface area contributed by atoms with E-state index in [1.165, 1.54) is 11.1 Å². The van der Waals surface area contributed by atoms with Gasteiger partial charge in [-0.15, -0.1) is 0 Å². The largest absolute Gasteiger partial charge is 0.479 e. The average Bonchev–Trinajstić information content (AvgIpc) is 3.15. The molecule has 0 amide bonds. The smallest absolute Gasteiger partial charge is 0.335 e. The Morgan fingerprint density at radius 1 is 1.05 bits per heavy atom. The van der Waals surface area contributed by atoms with E-state index in [-0.39, 0.29) is 17.8 Å². The molecule has 1 aliphatic rings. The maximum atomic E-state index is 12.0. The Morgan fingerprint density at radius 3 is 2.27 bits per heavy atom. The van der Waals surface area contributed by atoms with Gasteiger partial charge in [0, 0.05) is 25.2 Å². The molecule has 1 aliphatic heterocycles. The molecule has 0 radical (unpaired) electrons. The minimum absolute atomic E-state index is 0.0699. The van der Waals surface area contributed by atoms with Crippen LogP contribution in [0.1, 0.15) is 50.3 Å². The minimum Gasteiger partial charge on any atom is -0.479 e. The Bertz CT molecular complexity index is 1130. The first-order valence-corrected chi connectivity index (χ1v) is 13.3. The minimum atomic E-state index is -2.27. The second-order valence-corrected chi connectivity index (χ2v) is 11.0. The van der Waals surface area contributed by atoms with Gasteiger partial charge in [0.05, 0.1) is 10.7 Å². The molecule has 1 aromatic carbocycles. The van der Waals surface area contributed by atoms with Gasteiger partial charge in [0.1, 0.15) is 6.61 Å². The van der Waals surface area contributed by atoms with Crippen LogP contribution in [0.5, 0.6) is 5.88 Å². The molecule has 0 fully saturated rings. The molecule has 0 bridgehead atoms. The van der Waals surface area contributed by atoms with Gasteiger partial charge < -0.3 is 35.8 Å². The number of carboxylic acids is 2. The molecule has 3 rings (SSSR count). The van der Waals surface area contributed by atoms with Crippen LogP contribution in [-0.4, -0.2) is 75.0 Å². The maximum Gasteiger partial charge on any atom is 0.335 e. The van der Waals surface area contributed by atoms with E-state index in [0.29, 0.717) is 18.8 Å². The molecule has 0 unspecified atom stereocenters. The molecule has 2 atom stereocenters. The second kappa shape index (κ2) is 15.5. The van der Waals surface area contributed by atoms with Gasteiger partial charge in [-0.2, -0.15) is 0 Å². The van der Waals surface area contributed by atoms with Crippen LogP contribution in [0.25, 0.3) is 0 Å². The van der Waals surface area contributed by atoms with Crippen molar-refractivity contribution in [3.8, 4) is 5.88 Å². The summed E-state index contributed by atoms with van der Waals surface area (Å²) in [5.41, 5.74) is 4.85. The van der Waals surface area contributed by atoms with E-state index < -0.39 is 24.1 Å². The normalized spacial score (nSPS) is 14.4. The Kier molecular flexibility index (Phi) is 12.8. The quantitative estimate of drug-likeness (QED) is 0.230. The summed E-state index contributed by atoms with van der Waals surface area (Å²) >= 11 is 6.48. The number of fused-ring (bicyclic) bond motifs is 1. The van der Waals surface area contributed by atoms with Crippen molar-refractivity contribution in [2.75, 3.05) is 25.0 Å². The zero-order chi connectivity index (χ0) is 29.9. The number of halogens is 1. The van der Waals surface area contributed by atoms with Crippen molar-refractivity contribution in [1.29, 1.82) is 0 Å². The Labute approximate surface area is 238 Å². The molecule has 2 heterocycles. The molecule has 220 valence electrons. The number of carbonyl (C=O) groups excluding carboxylic acids is 1. The highest BCUT2D eigenvalue weighted by molar-refractivity contribution is 6.33. The van der Waals surface area contributed by atoms with E-state index in [2.05, 4.69) is 42.5 Å². The van der Waals surface area contributed by atoms with Gasteiger partial charge in [0.2, 0.25) is 5.88 Å². The van der Waals surface area contributed by atoms with Crippen molar-refractivity contribution >= 4 is 35.0 Å². The fourth-order valence-electron chi connectivity index (χ4n) is 3.74. The number of nitrogens with zero attached hydrogens (tertiary/aromatic N) is 1. The monoisotopic (exact) mass is 579 g/mol. The average molecular weight is 580 g/mol. The highest BCUT2D eigenvalue weighted by Gasteiger charge is 2.29. The van der Waals surface area contributed by atoms with E-state index in [1.807, 2.05) is 18.2 Å². The molecular weight excluding hydrogens is 542 g/mol. The zero-order valence-corrected chi connectivity index (χ0v) is 23.7. The molecule has 2 aromatic rings. The number of ether oxygens (including phenoxy) is 1. The zero-order valence-electron chi connectivity index (χ0n) is 22.9. The summed E-state index contributed by atoms with van der Waals surface area (Å²) in [7, 11) is 0. The molecule has 12 heteroatoms. The van der Waals surface area contributed by atoms with E-state index in [1.54, 1.807) is 6.20 Å². The lowest BCUT2D eigenvalue weighted by molar-refractivity contribution is -0.165. The van der Waals surface area contributed by atoms with Gasteiger partial charge in [-0.3, -0.25) is 4.79 Å². The number of aliphatic carboxylic acids is 2. The van der Waals surface area contributed by atoms with Crippen molar-refractivity contribution in [3.05, 3.63) is 52.2 Å². The number of aromatic nitrogens is 1. The second-order valence-electron chi connectivity index (χ2n) is 10.6. The Balaban J connectivity index is 0.000000478. The number of rotatable bonds is 11. The number of hydrogen-bond acceptors (Lipinski definition) is 9. The van der Waals surface area contributed by atoms with Crippen LogP contribution in [0.4, 0.5) is 5.69 Å². The number of ketones is 1. The predicted octanol–water partition coefficient (Wildman–Crippen LogP) is 2.69. The number of anilines is 1. The van der Waals surface area contributed by atoms with Crippen molar-refractivity contribution in [2.45, 2.75) is 65.2 Å². The fraction of sp³-hybridized carbons (Fsp3) is 0.500. The number of aliphatic hydroxyl groups excluding tert-OH is 2. The van der Waals surface area contributed by atoms with Crippen molar-refractivity contribution in [2.24, 2.45) is 5.41 Å². The summed E-state index contributed by atoms with van der Waals surface area (Å²) in [6.07, 6.45) is 0.613. The van der Waals surface area contributed by atoms with Crippen LogP contribution in [0.2, 0.25) is 5.02 Å². The van der Waals surface area contributed by atoms with Crippen LogP contribution in [-0.2, 0) is 33.8 Å². The Morgan fingerprint density at radius 2 is 1.70 bits per heavy atom. The van der Waals surface area contributed by atoms with Gasteiger partial charge in [0.25, 0.3) is 0 Å². The molecule has 11 nitrogen and oxygen atoms in total. The van der Waals surface area contributed by atoms with Gasteiger partial charge in [-0.25, -0.2) is 14.6 Å². The van der Waals surface area contributed by atoms with E-state index >= 15 is 0 Å². The lowest BCUT2D eigenvalue weighted by Gasteiger charge is -2.17. The first-order valence-electron chi connectivity index (χ1n) is 12.9. The van der Waals surface area contributed by atoms with Gasteiger partial charge >= 0.3 is 11.9 Å². The van der Waals surface area contributed by atoms with Gasteiger partial charge in [-0.05, 0) is 60.5 Å². The number of carboxylic acid groups (broad SMARTS) is 2. The summed E-state index contributed by atoms with van der Waals surface area (Å²) in [6.45, 7) is 9.05. The molecule has 6 N–H and O–H groups in total. The number of carbonyl (C=O) groups is 3. The van der Waals surface area contributed by atoms with Crippen LogP contribution in [0.3, 0.4) is 0 Å². The standard InChI is InChI=1S/C24H32ClN3O2.C4H6O6/c1-24(2,3)11-8-19(29)16-30-22-7-4-17(14-27-22)15-28-23-20-10-13-26-12-9-18(20)5-6-21(23)25;5-1(3(7)8)2(6)4(9)10/h4-7,14,26,28H,8-13,15-16H2,1-3H3;1-2,5-6H,(H,7,8)(H,9,10)/t;1-,2-/m.1/s1. The van der Waals surface area contributed by atoms with Crippen LogP contribution >= 0.6 is 11.6 Å². The molecule has 0 saturated carbocycles. The third-order valence-corrected chi connectivity index (χ3v) is 6.40.